The lowest BCUT2D eigenvalue weighted by molar-refractivity contribution is 0.225. The zero-order valence-corrected chi connectivity index (χ0v) is 12.2. The summed E-state index contributed by atoms with van der Waals surface area (Å²) in [7, 11) is 2.21. The summed E-state index contributed by atoms with van der Waals surface area (Å²) in [6.07, 6.45) is 4.77. The molecule has 0 aromatic rings. The number of nitrogens with two attached hydrogens (primary N) is 1. The molecule has 2 heteroatoms. The molecule has 0 saturated heterocycles. The molecule has 0 aliphatic heterocycles. The zero-order chi connectivity index (χ0) is 12.8. The highest BCUT2D eigenvalue weighted by atomic mass is 15.1. The van der Waals surface area contributed by atoms with Crippen LogP contribution in [0.4, 0.5) is 0 Å². The van der Waals surface area contributed by atoms with E-state index in [0.29, 0.717) is 17.5 Å². The van der Waals surface area contributed by atoms with E-state index in [1.807, 2.05) is 0 Å². The van der Waals surface area contributed by atoms with Crippen LogP contribution in [0, 0.1) is 5.41 Å². The Morgan fingerprint density at radius 2 is 1.75 bits per heavy atom. The first-order chi connectivity index (χ1) is 7.26. The van der Waals surface area contributed by atoms with E-state index in [-0.39, 0.29) is 0 Å². The number of rotatable bonds is 7. The normalized spacial score (nSPS) is 16.5. The predicted molar refractivity (Wildman–Crippen MR) is 73.7 cm³/mol. The van der Waals surface area contributed by atoms with Gasteiger partial charge in [-0.3, -0.25) is 0 Å². The van der Waals surface area contributed by atoms with Crippen LogP contribution in [0.1, 0.15) is 60.3 Å². The molecule has 16 heavy (non-hydrogen) atoms. The maximum atomic E-state index is 6.16. The van der Waals surface area contributed by atoms with Gasteiger partial charge in [-0.2, -0.15) is 0 Å². The zero-order valence-electron chi connectivity index (χ0n) is 12.2. The minimum atomic E-state index is 0.344. The van der Waals surface area contributed by atoms with Crippen molar-refractivity contribution in [2.24, 2.45) is 11.1 Å². The van der Waals surface area contributed by atoms with Crippen molar-refractivity contribution in [1.82, 2.24) is 4.90 Å². The van der Waals surface area contributed by atoms with Crippen molar-refractivity contribution in [3.63, 3.8) is 0 Å². The number of nitrogens with zero attached hydrogens (tertiary/aromatic N) is 1. The standard InChI is InChI=1S/C14H32N2/c1-7-8-12(2)16(6)10-9-13(15)11-14(3,4)5/h12-13H,7-11,15H2,1-6H3. The van der Waals surface area contributed by atoms with Gasteiger partial charge >= 0.3 is 0 Å². The summed E-state index contributed by atoms with van der Waals surface area (Å²) in [5.41, 5.74) is 6.51. The molecule has 0 aromatic carbocycles. The molecule has 0 rings (SSSR count). The van der Waals surface area contributed by atoms with Crippen molar-refractivity contribution in [2.75, 3.05) is 13.6 Å². The molecule has 2 nitrogen and oxygen atoms in total. The molecule has 98 valence electrons. The summed E-state index contributed by atoms with van der Waals surface area (Å²) in [5, 5.41) is 0. The SMILES string of the molecule is CCCC(C)N(C)CCC(N)CC(C)(C)C. The van der Waals surface area contributed by atoms with Crippen molar-refractivity contribution in [3.05, 3.63) is 0 Å². The van der Waals surface area contributed by atoms with E-state index in [9.17, 15) is 0 Å². The van der Waals surface area contributed by atoms with E-state index in [4.69, 9.17) is 5.73 Å². The van der Waals surface area contributed by atoms with Gasteiger partial charge in [0.05, 0.1) is 0 Å². The van der Waals surface area contributed by atoms with Crippen LogP contribution >= 0.6 is 0 Å². The summed E-state index contributed by atoms with van der Waals surface area (Å²) >= 11 is 0. The average molecular weight is 228 g/mol. The van der Waals surface area contributed by atoms with Crippen molar-refractivity contribution in [2.45, 2.75) is 72.4 Å². The Bertz CT molecular complexity index is 172. The van der Waals surface area contributed by atoms with Crippen molar-refractivity contribution in [1.29, 1.82) is 0 Å². The molecule has 0 aliphatic carbocycles. The van der Waals surface area contributed by atoms with Gasteiger partial charge in [0.15, 0.2) is 0 Å². The van der Waals surface area contributed by atoms with E-state index >= 15 is 0 Å². The topological polar surface area (TPSA) is 29.3 Å². The summed E-state index contributed by atoms with van der Waals surface area (Å²) < 4.78 is 0. The maximum Gasteiger partial charge on any atom is 0.00637 e. The Kier molecular flexibility index (Phi) is 7.25. The molecule has 0 aliphatic rings. The highest BCUT2D eigenvalue weighted by molar-refractivity contribution is 4.73. The Hall–Kier alpha value is -0.0800. The third-order valence-electron chi connectivity index (χ3n) is 3.19. The van der Waals surface area contributed by atoms with Crippen LogP contribution in [-0.2, 0) is 0 Å². The van der Waals surface area contributed by atoms with E-state index in [1.165, 1.54) is 12.8 Å². The van der Waals surface area contributed by atoms with Crippen LogP contribution < -0.4 is 5.73 Å². The Morgan fingerprint density at radius 1 is 1.19 bits per heavy atom. The minimum Gasteiger partial charge on any atom is -0.328 e. The van der Waals surface area contributed by atoms with E-state index < -0.39 is 0 Å². The second-order valence-corrected chi connectivity index (χ2v) is 6.43. The molecule has 2 atom stereocenters. The Morgan fingerprint density at radius 3 is 2.19 bits per heavy atom. The molecule has 0 amide bonds. The van der Waals surface area contributed by atoms with Gasteiger partial charge in [-0.15, -0.1) is 0 Å². The maximum absolute atomic E-state index is 6.16. The second-order valence-electron chi connectivity index (χ2n) is 6.43. The fraction of sp³-hybridized carbons (Fsp3) is 1.00. The van der Waals surface area contributed by atoms with Gasteiger partial charge in [0.1, 0.15) is 0 Å². The summed E-state index contributed by atoms with van der Waals surface area (Å²) in [6, 6.07) is 1.03. The smallest absolute Gasteiger partial charge is 0.00637 e. The van der Waals surface area contributed by atoms with E-state index in [1.54, 1.807) is 0 Å². The lowest BCUT2D eigenvalue weighted by Crippen LogP contribution is -2.35. The molecule has 0 spiro atoms. The fourth-order valence-corrected chi connectivity index (χ4v) is 2.12. The molecule has 0 aromatic heterocycles. The van der Waals surface area contributed by atoms with Gasteiger partial charge in [0.2, 0.25) is 0 Å². The molecular weight excluding hydrogens is 196 g/mol. The second kappa shape index (κ2) is 7.29. The van der Waals surface area contributed by atoms with Crippen LogP contribution in [0.3, 0.4) is 0 Å². The first-order valence-electron chi connectivity index (χ1n) is 6.72. The van der Waals surface area contributed by atoms with Gasteiger partial charge in [-0.05, 0) is 45.2 Å². The monoisotopic (exact) mass is 228 g/mol. The van der Waals surface area contributed by atoms with Crippen LogP contribution in [0.25, 0.3) is 0 Å². The number of hydrogen-bond donors (Lipinski definition) is 1. The molecular formula is C14H32N2. The summed E-state index contributed by atoms with van der Waals surface area (Å²) in [4.78, 5) is 2.44. The van der Waals surface area contributed by atoms with E-state index in [0.717, 1.165) is 19.4 Å². The quantitative estimate of drug-likeness (QED) is 0.724. The third kappa shape index (κ3) is 8.12. The fourth-order valence-electron chi connectivity index (χ4n) is 2.12. The van der Waals surface area contributed by atoms with Gasteiger partial charge in [-0.1, -0.05) is 34.1 Å². The van der Waals surface area contributed by atoms with Gasteiger partial charge in [-0.25, -0.2) is 0 Å². The first-order valence-corrected chi connectivity index (χ1v) is 6.72. The minimum absolute atomic E-state index is 0.344. The largest absolute Gasteiger partial charge is 0.328 e. The van der Waals surface area contributed by atoms with Gasteiger partial charge in [0, 0.05) is 12.1 Å². The highest BCUT2D eigenvalue weighted by Gasteiger charge is 2.16. The van der Waals surface area contributed by atoms with Gasteiger partial charge in [0.25, 0.3) is 0 Å². The van der Waals surface area contributed by atoms with Crippen LogP contribution in [0.5, 0.6) is 0 Å². The molecule has 2 N–H and O–H groups in total. The van der Waals surface area contributed by atoms with Crippen molar-refractivity contribution < 1.29 is 0 Å². The number of hydrogen-bond acceptors (Lipinski definition) is 2. The molecule has 0 heterocycles. The lowest BCUT2D eigenvalue weighted by atomic mass is 9.87. The van der Waals surface area contributed by atoms with E-state index in [2.05, 4.69) is 46.6 Å². The Labute approximate surface area is 103 Å². The predicted octanol–water partition coefficient (Wildman–Crippen LogP) is 3.26. The Balaban J connectivity index is 3.78. The summed E-state index contributed by atoms with van der Waals surface area (Å²) in [6.45, 7) is 12.5. The molecule has 0 bridgehead atoms. The molecule has 0 saturated carbocycles. The van der Waals surface area contributed by atoms with Crippen LogP contribution in [0.2, 0.25) is 0 Å². The third-order valence-corrected chi connectivity index (χ3v) is 3.19. The highest BCUT2D eigenvalue weighted by Crippen LogP contribution is 2.21. The lowest BCUT2D eigenvalue weighted by Gasteiger charge is -2.28. The molecule has 0 radical (unpaired) electrons. The molecule has 0 fully saturated rings. The van der Waals surface area contributed by atoms with Gasteiger partial charge < -0.3 is 10.6 Å². The van der Waals surface area contributed by atoms with Crippen molar-refractivity contribution >= 4 is 0 Å². The average Bonchev–Trinajstić information content (AvgIpc) is 2.11. The first kappa shape index (κ1) is 15.9. The summed E-state index contributed by atoms with van der Waals surface area (Å²) in [5.74, 6) is 0. The van der Waals surface area contributed by atoms with Crippen molar-refractivity contribution in [3.8, 4) is 0 Å². The molecule has 2 unspecified atom stereocenters. The van der Waals surface area contributed by atoms with Crippen LogP contribution in [0.15, 0.2) is 0 Å². The van der Waals surface area contributed by atoms with Crippen LogP contribution in [-0.4, -0.2) is 30.6 Å².